The Morgan fingerprint density at radius 2 is 2.04 bits per heavy atom. The van der Waals surface area contributed by atoms with E-state index in [1.807, 2.05) is 0 Å². The van der Waals surface area contributed by atoms with Crippen LogP contribution in [0.4, 0.5) is 4.39 Å². The first kappa shape index (κ1) is 17.4. The number of esters is 1. The highest BCUT2D eigenvalue weighted by molar-refractivity contribution is 5.88. The van der Waals surface area contributed by atoms with Gasteiger partial charge in [-0.05, 0) is 24.3 Å². The Labute approximate surface area is 148 Å². The lowest BCUT2D eigenvalue weighted by molar-refractivity contribution is -0.124. The predicted molar refractivity (Wildman–Crippen MR) is 88.6 cm³/mol. The van der Waals surface area contributed by atoms with E-state index in [1.165, 1.54) is 12.1 Å². The molecule has 1 aromatic carbocycles. The van der Waals surface area contributed by atoms with Crippen molar-refractivity contribution in [2.24, 2.45) is 0 Å². The number of carbonyl (C=O) groups excluding carboxylic acids is 2. The average Bonchev–Trinajstić information content (AvgIpc) is 3.31. The summed E-state index contributed by atoms with van der Waals surface area (Å²) in [6.45, 7) is -0.0935. The molecule has 134 valence electrons. The molecule has 0 saturated heterocycles. The normalized spacial score (nSPS) is 10.5. The highest BCUT2D eigenvalue weighted by Crippen LogP contribution is 2.11. The highest BCUT2D eigenvalue weighted by atomic mass is 19.1. The Morgan fingerprint density at radius 3 is 2.81 bits per heavy atom. The summed E-state index contributed by atoms with van der Waals surface area (Å²) in [4.78, 5) is 23.6. The Bertz CT molecular complexity index is 889. The van der Waals surface area contributed by atoms with Crippen LogP contribution in [0.5, 0.6) is 0 Å². The Hall–Kier alpha value is -3.42. The van der Waals surface area contributed by atoms with Crippen LogP contribution in [0, 0.1) is 5.82 Å². The molecule has 0 aliphatic carbocycles. The maximum atomic E-state index is 13.5. The zero-order valence-corrected chi connectivity index (χ0v) is 13.7. The van der Waals surface area contributed by atoms with Gasteiger partial charge in [-0.15, -0.1) is 0 Å². The standard InChI is InChI=1S/C18H16FN3O4/c19-15-5-2-1-4-13(15)10-20-17(23)12-25-18(24)16-7-6-14(26-16)11-22-9-3-8-21-22/h1-9H,10-12H2,(H,20,23). The molecule has 3 aromatic rings. The first-order chi connectivity index (χ1) is 12.6. The van der Waals surface area contributed by atoms with Gasteiger partial charge in [-0.25, -0.2) is 9.18 Å². The van der Waals surface area contributed by atoms with Gasteiger partial charge >= 0.3 is 5.97 Å². The van der Waals surface area contributed by atoms with Crippen molar-refractivity contribution >= 4 is 11.9 Å². The minimum atomic E-state index is -0.752. The topological polar surface area (TPSA) is 86.4 Å². The summed E-state index contributed by atoms with van der Waals surface area (Å²) in [5, 5.41) is 6.52. The Morgan fingerprint density at radius 1 is 1.19 bits per heavy atom. The van der Waals surface area contributed by atoms with Crippen LogP contribution in [0.15, 0.2) is 59.3 Å². The predicted octanol–water partition coefficient (Wildman–Crippen LogP) is 2.14. The molecule has 26 heavy (non-hydrogen) atoms. The van der Waals surface area contributed by atoms with E-state index < -0.39 is 24.3 Å². The van der Waals surface area contributed by atoms with Crippen LogP contribution < -0.4 is 5.32 Å². The van der Waals surface area contributed by atoms with Crippen LogP contribution in [0.2, 0.25) is 0 Å². The number of hydrogen-bond acceptors (Lipinski definition) is 5. The first-order valence-electron chi connectivity index (χ1n) is 7.85. The Balaban J connectivity index is 1.45. The molecule has 2 aromatic heterocycles. The summed E-state index contributed by atoms with van der Waals surface area (Å²) in [5.74, 6) is -1.17. The van der Waals surface area contributed by atoms with Crippen molar-refractivity contribution in [2.45, 2.75) is 13.1 Å². The molecule has 0 bridgehead atoms. The van der Waals surface area contributed by atoms with Gasteiger partial charge in [0.1, 0.15) is 11.6 Å². The van der Waals surface area contributed by atoms with Crippen molar-refractivity contribution in [2.75, 3.05) is 6.61 Å². The molecule has 3 rings (SSSR count). The van der Waals surface area contributed by atoms with Crippen LogP contribution in [-0.4, -0.2) is 28.3 Å². The SMILES string of the molecule is O=C(COC(=O)c1ccc(Cn2cccn2)o1)NCc1ccccc1F. The zero-order chi connectivity index (χ0) is 18.4. The number of rotatable bonds is 7. The molecule has 0 spiro atoms. The lowest BCUT2D eigenvalue weighted by Crippen LogP contribution is -2.28. The van der Waals surface area contributed by atoms with Crippen LogP contribution in [-0.2, 0) is 22.6 Å². The summed E-state index contributed by atoms with van der Waals surface area (Å²) in [6, 6.07) is 11.0. The summed E-state index contributed by atoms with van der Waals surface area (Å²) in [7, 11) is 0. The van der Waals surface area contributed by atoms with Crippen molar-refractivity contribution in [3.05, 3.63) is 77.8 Å². The first-order valence-corrected chi connectivity index (χ1v) is 7.85. The quantitative estimate of drug-likeness (QED) is 0.655. The number of nitrogens with one attached hydrogen (secondary N) is 1. The van der Waals surface area contributed by atoms with E-state index in [1.54, 1.807) is 47.4 Å². The van der Waals surface area contributed by atoms with Crippen LogP contribution in [0.1, 0.15) is 21.9 Å². The van der Waals surface area contributed by atoms with Crippen molar-refractivity contribution in [1.82, 2.24) is 15.1 Å². The fourth-order valence-electron chi connectivity index (χ4n) is 2.22. The molecular formula is C18H16FN3O4. The molecule has 8 heteroatoms. The molecule has 0 aliphatic rings. The molecule has 0 fully saturated rings. The number of carbonyl (C=O) groups is 2. The van der Waals surface area contributed by atoms with Gasteiger partial charge in [0.15, 0.2) is 6.61 Å². The van der Waals surface area contributed by atoms with Gasteiger partial charge in [0.05, 0.1) is 6.54 Å². The smallest absolute Gasteiger partial charge is 0.374 e. The summed E-state index contributed by atoms with van der Waals surface area (Å²) in [5.41, 5.74) is 0.349. The fraction of sp³-hybridized carbons (Fsp3) is 0.167. The minimum absolute atomic E-state index is 0.00550. The third kappa shape index (κ3) is 4.56. The van der Waals surface area contributed by atoms with Gasteiger partial charge in [-0.2, -0.15) is 5.10 Å². The van der Waals surface area contributed by atoms with Gasteiger partial charge in [-0.1, -0.05) is 18.2 Å². The van der Waals surface area contributed by atoms with Gasteiger partial charge in [0, 0.05) is 24.5 Å². The molecule has 7 nitrogen and oxygen atoms in total. The molecule has 1 amide bonds. The average molecular weight is 357 g/mol. The molecule has 1 N–H and O–H groups in total. The lowest BCUT2D eigenvalue weighted by Gasteiger charge is -2.06. The lowest BCUT2D eigenvalue weighted by atomic mass is 10.2. The molecule has 0 aliphatic heterocycles. The second-order valence-electron chi connectivity index (χ2n) is 5.41. The molecular weight excluding hydrogens is 341 g/mol. The van der Waals surface area contributed by atoms with E-state index in [4.69, 9.17) is 9.15 Å². The number of benzene rings is 1. The van der Waals surface area contributed by atoms with E-state index >= 15 is 0 Å². The monoisotopic (exact) mass is 357 g/mol. The van der Waals surface area contributed by atoms with Crippen molar-refractivity contribution in [3.63, 3.8) is 0 Å². The third-order valence-corrected chi connectivity index (χ3v) is 3.51. The minimum Gasteiger partial charge on any atom is -0.452 e. The van der Waals surface area contributed by atoms with Crippen molar-refractivity contribution in [1.29, 1.82) is 0 Å². The number of nitrogens with zero attached hydrogens (tertiary/aromatic N) is 2. The number of halogens is 1. The van der Waals surface area contributed by atoms with Crippen LogP contribution in [0.3, 0.4) is 0 Å². The number of ether oxygens (including phenoxy) is 1. The van der Waals surface area contributed by atoms with Crippen LogP contribution in [0.25, 0.3) is 0 Å². The third-order valence-electron chi connectivity index (χ3n) is 3.51. The fourth-order valence-corrected chi connectivity index (χ4v) is 2.22. The van der Waals surface area contributed by atoms with E-state index in [9.17, 15) is 14.0 Å². The largest absolute Gasteiger partial charge is 0.452 e. The van der Waals surface area contributed by atoms with Crippen molar-refractivity contribution in [3.8, 4) is 0 Å². The van der Waals surface area contributed by atoms with E-state index in [0.717, 1.165) is 0 Å². The van der Waals surface area contributed by atoms with Crippen LogP contribution >= 0.6 is 0 Å². The van der Waals surface area contributed by atoms with E-state index in [-0.39, 0.29) is 12.3 Å². The number of hydrogen-bond donors (Lipinski definition) is 1. The van der Waals surface area contributed by atoms with Gasteiger partial charge < -0.3 is 14.5 Å². The second-order valence-corrected chi connectivity index (χ2v) is 5.41. The number of amides is 1. The summed E-state index contributed by atoms with van der Waals surface area (Å²) in [6.07, 6.45) is 3.40. The summed E-state index contributed by atoms with van der Waals surface area (Å²) >= 11 is 0. The number of furan rings is 1. The molecule has 0 unspecified atom stereocenters. The maximum Gasteiger partial charge on any atom is 0.374 e. The molecule has 0 atom stereocenters. The Kier molecular flexibility index (Phi) is 5.43. The van der Waals surface area contributed by atoms with E-state index in [0.29, 0.717) is 17.9 Å². The van der Waals surface area contributed by atoms with Gasteiger partial charge in [0.2, 0.25) is 5.76 Å². The van der Waals surface area contributed by atoms with E-state index in [2.05, 4.69) is 10.4 Å². The molecule has 0 saturated carbocycles. The highest BCUT2D eigenvalue weighted by Gasteiger charge is 2.15. The maximum absolute atomic E-state index is 13.5. The zero-order valence-electron chi connectivity index (χ0n) is 13.7. The molecule has 0 radical (unpaired) electrons. The molecule has 2 heterocycles. The second kappa shape index (κ2) is 8.11. The van der Waals surface area contributed by atoms with Gasteiger partial charge in [0.25, 0.3) is 5.91 Å². The summed E-state index contributed by atoms with van der Waals surface area (Å²) < 4.78 is 25.4. The van der Waals surface area contributed by atoms with Crippen molar-refractivity contribution < 1.29 is 23.1 Å². The van der Waals surface area contributed by atoms with Gasteiger partial charge in [-0.3, -0.25) is 9.48 Å². The number of aromatic nitrogens is 2.